The lowest BCUT2D eigenvalue weighted by Crippen LogP contribution is -2.50. The average molecular weight is 428 g/mol. The van der Waals surface area contributed by atoms with Gasteiger partial charge >= 0.3 is 0 Å². The normalized spacial score (nSPS) is 18.3. The maximum atomic E-state index is 13.4. The predicted molar refractivity (Wildman–Crippen MR) is 115 cm³/mol. The van der Waals surface area contributed by atoms with E-state index in [1.165, 1.54) is 18.2 Å². The van der Waals surface area contributed by atoms with Crippen molar-refractivity contribution in [2.24, 2.45) is 4.99 Å². The number of rotatable bonds is 4. The molecule has 1 heterocycles. The molecular formula is C23H23ClFN3O2. The number of aliphatic imine (C=N–C) groups is 1. The number of nitrogens with zero attached hydrogens (tertiary/aromatic N) is 2. The molecule has 0 aromatic heterocycles. The van der Waals surface area contributed by atoms with Crippen LogP contribution in [0.25, 0.3) is 0 Å². The second-order valence-corrected chi connectivity index (χ2v) is 8.20. The van der Waals surface area contributed by atoms with Crippen LogP contribution in [0, 0.1) is 5.82 Å². The highest BCUT2D eigenvalue weighted by atomic mass is 35.5. The van der Waals surface area contributed by atoms with Crippen molar-refractivity contribution in [2.45, 2.75) is 44.2 Å². The lowest BCUT2D eigenvalue weighted by molar-refractivity contribution is -0.133. The smallest absolute Gasteiger partial charge is 0.275 e. The zero-order valence-electron chi connectivity index (χ0n) is 16.5. The van der Waals surface area contributed by atoms with Gasteiger partial charge in [-0.2, -0.15) is 0 Å². The third kappa shape index (κ3) is 4.10. The summed E-state index contributed by atoms with van der Waals surface area (Å²) in [4.78, 5) is 32.6. The van der Waals surface area contributed by atoms with E-state index in [4.69, 9.17) is 16.6 Å². The first-order valence-corrected chi connectivity index (χ1v) is 10.6. The van der Waals surface area contributed by atoms with Gasteiger partial charge in [-0.15, -0.1) is 0 Å². The quantitative estimate of drug-likeness (QED) is 0.761. The monoisotopic (exact) mass is 427 g/mol. The van der Waals surface area contributed by atoms with Gasteiger partial charge in [0.25, 0.3) is 5.91 Å². The highest BCUT2D eigenvalue weighted by Crippen LogP contribution is 2.38. The van der Waals surface area contributed by atoms with Gasteiger partial charge < -0.3 is 10.2 Å². The van der Waals surface area contributed by atoms with Crippen molar-refractivity contribution in [1.82, 2.24) is 4.90 Å². The summed E-state index contributed by atoms with van der Waals surface area (Å²) in [5, 5.41) is 2.65. The Hall–Kier alpha value is -2.73. The Bertz CT molecular complexity index is 985. The van der Waals surface area contributed by atoms with Gasteiger partial charge in [0.1, 0.15) is 23.7 Å². The summed E-state index contributed by atoms with van der Waals surface area (Å²) in [5.74, 6) is -1.14. The molecule has 5 nitrogen and oxygen atoms in total. The number of nitrogens with one attached hydrogen (secondary N) is 1. The molecule has 1 aliphatic carbocycles. The van der Waals surface area contributed by atoms with E-state index in [9.17, 15) is 14.0 Å². The lowest BCUT2D eigenvalue weighted by Gasteiger charge is -2.35. The molecule has 1 spiro atoms. The molecule has 1 saturated carbocycles. The number of carbonyl (C=O) groups is 2. The summed E-state index contributed by atoms with van der Waals surface area (Å²) < 4.78 is 13.4. The van der Waals surface area contributed by atoms with Crippen molar-refractivity contribution in [3.05, 3.63) is 64.9 Å². The molecule has 2 amide bonds. The Morgan fingerprint density at radius 2 is 1.80 bits per heavy atom. The zero-order valence-corrected chi connectivity index (χ0v) is 17.3. The second-order valence-electron chi connectivity index (χ2n) is 7.79. The van der Waals surface area contributed by atoms with Gasteiger partial charge in [0.15, 0.2) is 0 Å². The van der Waals surface area contributed by atoms with E-state index < -0.39 is 11.5 Å². The molecule has 4 rings (SSSR count). The molecule has 0 bridgehead atoms. The van der Waals surface area contributed by atoms with E-state index in [1.54, 1.807) is 4.90 Å². The first-order chi connectivity index (χ1) is 14.5. The van der Waals surface area contributed by atoms with Crippen LogP contribution in [0.3, 0.4) is 0 Å². The molecule has 156 valence electrons. The number of carbonyl (C=O) groups excluding carboxylic acids is 2. The van der Waals surface area contributed by atoms with Crippen LogP contribution in [0.15, 0.2) is 53.5 Å². The summed E-state index contributed by atoms with van der Waals surface area (Å²) in [6, 6.07) is 13.4. The standard InChI is InChI=1S/C23H23ClFN3O2/c24-18-14-17(10-11-19(18)25)26-20(29)15-28-22(30)21(16-8-4-3-5-9-16)27-23(28)12-6-1-2-7-13-23/h3-5,8-11,14H,1-2,6-7,12-13,15H2,(H,26,29). The minimum atomic E-state index is -0.684. The molecule has 7 heteroatoms. The summed E-state index contributed by atoms with van der Waals surface area (Å²) >= 11 is 5.80. The first-order valence-electron chi connectivity index (χ1n) is 10.2. The van der Waals surface area contributed by atoms with Crippen molar-refractivity contribution < 1.29 is 14.0 Å². The van der Waals surface area contributed by atoms with Crippen molar-refractivity contribution in [3.63, 3.8) is 0 Å². The summed E-state index contributed by atoms with van der Waals surface area (Å²) in [6.45, 7) is -0.117. The fourth-order valence-corrected chi connectivity index (χ4v) is 4.41. The molecular weight excluding hydrogens is 405 g/mol. The van der Waals surface area contributed by atoms with Gasteiger partial charge in [0.2, 0.25) is 5.91 Å². The Morgan fingerprint density at radius 1 is 1.10 bits per heavy atom. The summed E-state index contributed by atoms with van der Waals surface area (Å²) in [6.07, 6.45) is 5.60. The minimum Gasteiger partial charge on any atom is -0.324 e. The van der Waals surface area contributed by atoms with Gasteiger partial charge in [-0.05, 0) is 43.9 Å². The minimum absolute atomic E-state index is 0.0695. The van der Waals surface area contributed by atoms with Crippen LogP contribution >= 0.6 is 11.6 Å². The summed E-state index contributed by atoms with van der Waals surface area (Å²) in [7, 11) is 0. The van der Waals surface area contributed by atoms with E-state index in [1.807, 2.05) is 30.3 Å². The molecule has 0 saturated heterocycles. The van der Waals surface area contributed by atoms with E-state index in [2.05, 4.69) is 5.32 Å². The molecule has 0 radical (unpaired) electrons. The van der Waals surface area contributed by atoms with E-state index in [0.29, 0.717) is 11.4 Å². The van der Waals surface area contributed by atoms with Gasteiger partial charge in [0.05, 0.1) is 5.02 Å². The van der Waals surface area contributed by atoms with Crippen LogP contribution in [0.4, 0.5) is 10.1 Å². The summed E-state index contributed by atoms with van der Waals surface area (Å²) in [5.41, 5.74) is 0.878. The molecule has 30 heavy (non-hydrogen) atoms. The highest BCUT2D eigenvalue weighted by Gasteiger charge is 2.47. The van der Waals surface area contributed by atoms with Crippen molar-refractivity contribution in [1.29, 1.82) is 0 Å². The fourth-order valence-electron chi connectivity index (χ4n) is 4.23. The van der Waals surface area contributed by atoms with E-state index in [-0.39, 0.29) is 23.4 Å². The number of benzene rings is 2. The first kappa shape index (κ1) is 20.5. The predicted octanol–water partition coefficient (Wildman–Crippen LogP) is 4.80. The molecule has 1 aliphatic heterocycles. The Balaban J connectivity index is 1.59. The number of hydrogen-bond acceptors (Lipinski definition) is 3. The van der Waals surface area contributed by atoms with Crippen LogP contribution in [-0.2, 0) is 9.59 Å². The Kier molecular flexibility index (Phi) is 5.86. The molecule has 1 fully saturated rings. The molecule has 2 aliphatic rings. The highest BCUT2D eigenvalue weighted by molar-refractivity contribution is 6.47. The largest absolute Gasteiger partial charge is 0.324 e. The number of amides is 2. The third-order valence-electron chi connectivity index (χ3n) is 5.73. The van der Waals surface area contributed by atoms with E-state index >= 15 is 0 Å². The maximum Gasteiger partial charge on any atom is 0.275 e. The third-order valence-corrected chi connectivity index (χ3v) is 6.02. The topological polar surface area (TPSA) is 61.8 Å². The number of anilines is 1. The second kappa shape index (κ2) is 8.56. The number of hydrogen-bond donors (Lipinski definition) is 1. The van der Waals surface area contributed by atoms with Gasteiger partial charge in [-0.3, -0.25) is 14.6 Å². The van der Waals surface area contributed by atoms with Crippen molar-refractivity contribution in [3.8, 4) is 0 Å². The number of halogens is 2. The SMILES string of the molecule is O=C(CN1C(=O)C(c2ccccc2)=NC12CCCCCC2)Nc1ccc(F)c(Cl)c1. The Morgan fingerprint density at radius 3 is 2.47 bits per heavy atom. The molecule has 2 aromatic rings. The van der Waals surface area contributed by atoms with Crippen LogP contribution < -0.4 is 5.32 Å². The van der Waals surface area contributed by atoms with E-state index in [0.717, 1.165) is 44.1 Å². The molecule has 2 aromatic carbocycles. The van der Waals surface area contributed by atoms with Gasteiger partial charge in [-0.1, -0.05) is 54.8 Å². The van der Waals surface area contributed by atoms with Crippen LogP contribution in [0.5, 0.6) is 0 Å². The van der Waals surface area contributed by atoms with Crippen LogP contribution in [-0.4, -0.2) is 34.6 Å². The Labute approximate surface area is 179 Å². The fraction of sp³-hybridized carbons (Fsp3) is 0.348. The molecule has 0 unspecified atom stereocenters. The van der Waals surface area contributed by atoms with Gasteiger partial charge in [-0.25, -0.2) is 4.39 Å². The zero-order chi connectivity index (χ0) is 21.1. The van der Waals surface area contributed by atoms with Gasteiger partial charge in [0, 0.05) is 11.3 Å². The lowest BCUT2D eigenvalue weighted by atomic mass is 10.00. The van der Waals surface area contributed by atoms with Crippen LogP contribution in [0.1, 0.15) is 44.1 Å². The van der Waals surface area contributed by atoms with Crippen molar-refractivity contribution in [2.75, 3.05) is 11.9 Å². The molecule has 1 N–H and O–H groups in total. The molecule has 0 atom stereocenters. The van der Waals surface area contributed by atoms with Crippen molar-refractivity contribution >= 4 is 34.8 Å². The average Bonchev–Trinajstić information content (AvgIpc) is 2.88. The van der Waals surface area contributed by atoms with Crippen LogP contribution in [0.2, 0.25) is 5.02 Å². The maximum absolute atomic E-state index is 13.4.